The molecule has 0 aliphatic carbocycles. The van der Waals surface area contributed by atoms with Crippen molar-refractivity contribution in [1.29, 1.82) is 0 Å². The number of aromatic nitrogens is 2. The van der Waals surface area contributed by atoms with Gasteiger partial charge < -0.3 is 15.4 Å². The van der Waals surface area contributed by atoms with Crippen LogP contribution in [0.5, 0.6) is 0 Å². The van der Waals surface area contributed by atoms with E-state index in [0.29, 0.717) is 18.9 Å². The van der Waals surface area contributed by atoms with Gasteiger partial charge >= 0.3 is 0 Å². The first-order valence-electron chi connectivity index (χ1n) is 5.48. The summed E-state index contributed by atoms with van der Waals surface area (Å²) in [6.07, 6.45) is 3.26. The largest absolute Gasteiger partial charge is 0.388 e. The minimum Gasteiger partial charge on any atom is -0.388 e. The van der Waals surface area contributed by atoms with Crippen molar-refractivity contribution >= 4 is 23.0 Å². The Morgan fingerprint density at radius 2 is 2.18 bits per heavy atom. The molecule has 0 bridgehead atoms. The Morgan fingerprint density at radius 1 is 1.47 bits per heavy atom. The van der Waals surface area contributed by atoms with Crippen LogP contribution in [-0.4, -0.2) is 40.3 Å². The molecule has 0 atom stereocenters. The molecule has 92 valence electrons. The lowest BCUT2D eigenvalue weighted by atomic mass is 10.0. The molecule has 0 radical (unpaired) electrons. The summed E-state index contributed by atoms with van der Waals surface area (Å²) in [4.78, 5) is 11.0. The van der Waals surface area contributed by atoms with Gasteiger partial charge in [-0.25, -0.2) is 9.97 Å². The molecule has 0 aromatic carbocycles. The molecule has 1 aromatic heterocycles. The molecule has 1 aromatic rings. The van der Waals surface area contributed by atoms with Gasteiger partial charge in [-0.15, -0.1) is 0 Å². The van der Waals surface area contributed by atoms with Gasteiger partial charge in [0.05, 0.1) is 18.8 Å². The van der Waals surface area contributed by atoms with Crippen molar-refractivity contribution < 1.29 is 4.74 Å². The maximum atomic E-state index is 5.68. The number of thiocarbonyl (C=S) groups is 1. The molecule has 2 rings (SSSR count). The summed E-state index contributed by atoms with van der Waals surface area (Å²) >= 11 is 5.01. The van der Waals surface area contributed by atoms with Crippen LogP contribution in [-0.2, 0) is 4.74 Å². The highest BCUT2D eigenvalue weighted by molar-refractivity contribution is 7.80. The molecule has 1 aliphatic heterocycles. The van der Waals surface area contributed by atoms with E-state index in [-0.39, 0.29) is 10.5 Å². The molecule has 0 saturated carbocycles. The van der Waals surface area contributed by atoms with Gasteiger partial charge in [-0.1, -0.05) is 12.2 Å². The lowest BCUT2D eigenvalue weighted by Crippen LogP contribution is -2.54. The number of ether oxygens (including phenoxy) is 1. The smallest absolute Gasteiger partial charge is 0.158 e. The Bertz CT molecular complexity index is 435. The molecule has 6 heteroatoms. The number of hydrogen-bond donors (Lipinski definition) is 1. The zero-order valence-corrected chi connectivity index (χ0v) is 10.8. The van der Waals surface area contributed by atoms with Crippen LogP contribution in [0.25, 0.3) is 0 Å². The van der Waals surface area contributed by atoms with Gasteiger partial charge in [0.25, 0.3) is 0 Å². The Kier molecular flexibility index (Phi) is 3.26. The fourth-order valence-corrected chi connectivity index (χ4v) is 2.10. The van der Waals surface area contributed by atoms with E-state index in [9.17, 15) is 0 Å². The van der Waals surface area contributed by atoms with Gasteiger partial charge in [-0.3, -0.25) is 0 Å². The van der Waals surface area contributed by atoms with E-state index < -0.39 is 0 Å². The topological polar surface area (TPSA) is 64.3 Å². The molecule has 5 nitrogen and oxygen atoms in total. The summed E-state index contributed by atoms with van der Waals surface area (Å²) in [5, 5.41) is 0. The molecule has 0 amide bonds. The monoisotopic (exact) mass is 252 g/mol. The summed E-state index contributed by atoms with van der Waals surface area (Å²) in [5.41, 5.74) is 6.13. The second kappa shape index (κ2) is 4.54. The van der Waals surface area contributed by atoms with Crippen molar-refractivity contribution in [2.75, 3.05) is 24.7 Å². The fourth-order valence-electron chi connectivity index (χ4n) is 1.95. The third-order valence-electron chi connectivity index (χ3n) is 2.81. The maximum Gasteiger partial charge on any atom is 0.158 e. The third-order valence-corrected chi connectivity index (χ3v) is 3.01. The van der Waals surface area contributed by atoms with E-state index in [1.165, 1.54) is 0 Å². The van der Waals surface area contributed by atoms with Gasteiger partial charge in [0.1, 0.15) is 10.7 Å². The highest BCUT2D eigenvalue weighted by Crippen LogP contribution is 2.26. The molecular formula is C11H16N4OS. The Hall–Kier alpha value is -1.27. The lowest BCUT2D eigenvalue weighted by molar-refractivity contribution is 0.0638. The van der Waals surface area contributed by atoms with Gasteiger partial charge in [-0.2, -0.15) is 0 Å². The molecule has 0 spiro atoms. The van der Waals surface area contributed by atoms with Crippen molar-refractivity contribution in [3.8, 4) is 0 Å². The minimum absolute atomic E-state index is 0.131. The summed E-state index contributed by atoms with van der Waals surface area (Å²) < 4.78 is 5.48. The molecule has 2 heterocycles. The zero-order chi connectivity index (χ0) is 12.5. The van der Waals surface area contributed by atoms with Crippen LogP contribution in [0.1, 0.15) is 19.5 Å². The molecule has 1 fully saturated rings. The first-order chi connectivity index (χ1) is 8.02. The van der Waals surface area contributed by atoms with Crippen molar-refractivity contribution in [3.63, 3.8) is 0 Å². The summed E-state index contributed by atoms with van der Waals surface area (Å²) in [6.45, 7) is 6.30. The number of nitrogens with zero attached hydrogens (tertiary/aromatic N) is 3. The van der Waals surface area contributed by atoms with Crippen molar-refractivity contribution in [2.45, 2.75) is 19.4 Å². The molecule has 2 N–H and O–H groups in total. The van der Waals surface area contributed by atoms with Crippen molar-refractivity contribution in [1.82, 2.24) is 9.97 Å². The van der Waals surface area contributed by atoms with Crippen LogP contribution in [0.3, 0.4) is 0 Å². The average Bonchev–Trinajstić information content (AvgIpc) is 2.28. The fraction of sp³-hybridized carbons (Fsp3) is 0.545. The first-order valence-corrected chi connectivity index (χ1v) is 5.89. The molecule has 1 saturated heterocycles. The quantitative estimate of drug-likeness (QED) is 0.783. The minimum atomic E-state index is -0.131. The van der Waals surface area contributed by atoms with E-state index >= 15 is 0 Å². The van der Waals surface area contributed by atoms with Crippen LogP contribution in [0.2, 0.25) is 0 Å². The second-order valence-electron chi connectivity index (χ2n) is 4.61. The third kappa shape index (κ3) is 2.37. The second-order valence-corrected chi connectivity index (χ2v) is 5.05. The number of morpholine rings is 1. The average molecular weight is 252 g/mol. The van der Waals surface area contributed by atoms with Gasteiger partial charge in [-0.05, 0) is 13.8 Å². The number of anilines is 1. The van der Waals surface area contributed by atoms with Gasteiger partial charge in [0.15, 0.2) is 5.82 Å². The Morgan fingerprint density at radius 3 is 2.82 bits per heavy atom. The van der Waals surface area contributed by atoms with E-state index in [0.717, 1.165) is 12.4 Å². The molecule has 17 heavy (non-hydrogen) atoms. The van der Waals surface area contributed by atoms with E-state index in [4.69, 9.17) is 22.7 Å². The number of hydrogen-bond acceptors (Lipinski definition) is 5. The number of rotatable bonds is 2. The Balaban J connectivity index is 2.42. The predicted molar refractivity (Wildman–Crippen MR) is 70.2 cm³/mol. The van der Waals surface area contributed by atoms with Gasteiger partial charge in [0.2, 0.25) is 0 Å². The predicted octanol–water partition coefficient (Wildman–Crippen LogP) is 0.726. The molecule has 1 aliphatic rings. The van der Waals surface area contributed by atoms with Crippen molar-refractivity contribution in [2.24, 2.45) is 5.73 Å². The molecular weight excluding hydrogens is 236 g/mol. The first kappa shape index (κ1) is 12.2. The van der Waals surface area contributed by atoms with Gasteiger partial charge in [0, 0.05) is 18.9 Å². The lowest BCUT2D eigenvalue weighted by Gasteiger charge is -2.43. The van der Waals surface area contributed by atoms with Crippen LogP contribution in [0, 0.1) is 0 Å². The highest BCUT2D eigenvalue weighted by Gasteiger charge is 2.33. The normalized spacial score (nSPS) is 19.1. The molecule has 0 unspecified atom stereocenters. The van der Waals surface area contributed by atoms with Crippen LogP contribution >= 0.6 is 12.2 Å². The zero-order valence-electron chi connectivity index (χ0n) is 10.0. The SMILES string of the molecule is CC1(C)COCCN1c1nccnc1C(N)=S. The van der Waals surface area contributed by atoms with E-state index in [1.807, 2.05) is 0 Å². The van der Waals surface area contributed by atoms with E-state index in [1.54, 1.807) is 12.4 Å². The van der Waals surface area contributed by atoms with E-state index in [2.05, 4.69) is 28.7 Å². The van der Waals surface area contributed by atoms with Crippen LogP contribution in [0.4, 0.5) is 5.82 Å². The number of nitrogens with two attached hydrogens (primary N) is 1. The van der Waals surface area contributed by atoms with Crippen LogP contribution in [0.15, 0.2) is 12.4 Å². The van der Waals surface area contributed by atoms with Crippen molar-refractivity contribution in [3.05, 3.63) is 18.1 Å². The summed E-state index contributed by atoms with van der Waals surface area (Å²) in [6, 6.07) is 0. The summed E-state index contributed by atoms with van der Waals surface area (Å²) in [5.74, 6) is 0.744. The highest BCUT2D eigenvalue weighted by atomic mass is 32.1. The standard InChI is InChI=1S/C11H16N4OS/c1-11(2)7-16-6-5-15(11)10-8(9(12)17)13-3-4-14-10/h3-4H,5-7H2,1-2H3,(H2,12,17). The Labute approximate surface area is 106 Å². The maximum absolute atomic E-state index is 5.68. The summed E-state index contributed by atoms with van der Waals surface area (Å²) in [7, 11) is 0. The van der Waals surface area contributed by atoms with Crippen LogP contribution < -0.4 is 10.6 Å².